The summed E-state index contributed by atoms with van der Waals surface area (Å²) in [6.45, 7) is 3.84. The van der Waals surface area contributed by atoms with E-state index in [2.05, 4.69) is 4.98 Å². The summed E-state index contributed by atoms with van der Waals surface area (Å²) in [6, 6.07) is 4.74. The van der Waals surface area contributed by atoms with Crippen molar-refractivity contribution in [3.8, 4) is 11.1 Å². The van der Waals surface area contributed by atoms with Crippen LogP contribution in [0.5, 0.6) is 0 Å². The Hall–Kier alpha value is -1.65. The lowest BCUT2D eigenvalue weighted by molar-refractivity contribution is 0.00695. The first-order valence-corrected chi connectivity index (χ1v) is 7.20. The van der Waals surface area contributed by atoms with Gasteiger partial charge < -0.3 is 9.72 Å². The third-order valence-electron chi connectivity index (χ3n) is 3.79. The highest BCUT2D eigenvalue weighted by Crippen LogP contribution is 2.38. The van der Waals surface area contributed by atoms with E-state index in [0.29, 0.717) is 17.5 Å². The van der Waals surface area contributed by atoms with Crippen LogP contribution in [0.1, 0.15) is 31.1 Å². The first kappa shape index (κ1) is 14.3. The van der Waals surface area contributed by atoms with E-state index in [0.717, 1.165) is 11.1 Å². The van der Waals surface area contributed by atoms with Gasteiger partial charge >= 0.3 is 0 Å². The van der Waals surface area contributed by atoms with Crippen molar-refractivity contribution >= 4 is 11.6 Å². The molecule has 3 rings (SSSR count). The van der Waals surface area contributed by atoms with Crippen LogP contribution in [-0.2, 0) is 11.2 Å². The molecule has 5 heteroatoms. The van der Waals surface area contributed by atoms with Crippen LogP contribution in [0, 0.1) is 5.82 Å². The zero-order chi connectivity index (χ0) is 15.1. The topological polar surface area (TPSA) is 42.1 Å². The van der Waals surface area contributed by atoms with Crippen LogP contribution in [-0.4, -0.2) is 11.1 Å². The molecule has 0 saturated carbocycles. The number of halogens is 2. The van der Waals surface area contributed by atoms with E-state index in [1.54, 1.807) is 18.3 Å². The van der Waals surface area contributed by atoms with Gasteiger partial charge in [-0.05, 0) is 37.5 Å². The van der Waals surface area contributed by atoms with Crippen molar-refractivity contribution in [1.82, 2.24) is 4.98 Å². The molecule has 2 aromatic rings. The van der Waals surface area contributed by atoms with Crippen molar-refractivity contribution in [2.75, 3.05) is 0 Å². The Morgan fingerprint density at radius 2 is 2.14 bits per heavy atom. The van der Waals surface area contributed by atoms with Crippen LogP contribution >= 0.6 is 11.6 Å². The molecule has 0 bridgehead atoms. The Bertz CT molecular complexity index is 756. The molecule has 1 aliphatic rings. The summed E-state index contributed by atoms with van der Waals surface area (Å²) in [4.78, 5) is 14.3. The fourth-order valence-corrected chi connectivity index (χ4v) is 3.02. The first-order valence-electron chi connectivity index (χ1n) is 6.82. The van der Waals surface area contributed by atoms with E-state index in [9.17, 15) is 9.18 Å². The molecule has 21 heavy (non-hydrogen) atoms. The van der Waals surface area contributed by atoms with E-state index in [1.165, 1.54) is 6.07 Å². The maximum Gasteiger partial charge on any atom is 0.248 e. The molecule has 3 nitrogen and oxygen atoms in total. The molecular formula is C16H15ClFNO2. The highest BCUT2D eigenvalue weighted by molar-refractivity contribution is 6.31. The highest BCUT2D eigenvalue weighted by atomic mass is 35.5. The number of fused-ring (bicyclic) bond motifs is 3. The molecular weight excluding hydrogens is 293 g/mol. The van der Waals surface area contributed by atoms with E-state index in [4.69, 9.17) is 16.3 Å². The molecule has 0 aliphatic carbocycles. The second kappa shape index (κ2) is 5.28. The minimum Gasteiger partial charge on any atom is -0.370 e. The van der Waals surface area contributed by atoms with Crippen LogP contribution < -0.4 is 5.56 Å². The number of aromatic nitrogens is 1. The molecule has 2 atom stereocenters. The van der Waals surface area contributed by atoms with Crippen molar-refractivity contribution in [1.29, 1.82) is 0 Å². The van der Waals surface area contributed by atoms with Crippen molar-refractivity contribution < 1.29 is 9.13 Å². The maximum atomic E-state index is 14.6. The summed E-state index contributed by atoms with van der Waals surface area (Å²) < 4.78 is 20.5. The Morgan fingerprint density at radius 3 is 2.90 bits per heavy atom. The molecule has 1 aromatic heterocycles. The van der Waals surface area contributed by atoms with E-state index < -0.39 is 5.82 Å². The Morgan fingerprint density at radius 1 is 1.38 bits per heavy atom. The van der Waals surface area contributed by atoms with Gasteiger partial charge in [0.2, 0.25) is 5.56 Å². The summed E-state index contributed by atoms with van der Waals surface area (Å²) in [6.07, 6.45) is 1.86. The molecule has 1 N–H and O–H groups in total. The van der Waals surface area contributed by atoms with E-state index >= 15 is 0 Å². The summed E-state index contributed by atoms with van der Waals surface area (Å²) in [7, 11) is 0. The molecule has 2 unspecified atom stereocenters. The number of nitrogens with one attached hydrogen (secondary N) is 1. The number of hydrogen-bond acceptors (Lipinski definition) is 2. The van der Waals surface area contributed by atoms with Crippen molar-refractivity contribution in [2.45, 2.75) is 32.5 Å². The van der Waals surface area contributed by atoms with Crippen molar-refractivity contribution in [3.05, 3.63) is 56.7 Å². The number of pyridine rings is 1. The third kappa shape index (κ3) is 2.49. The second-order valence-electron chi connectivity index (χ2n) is 5.35. The molecule has 1 aromatic carbocycles. The average molecular weight is 308 g/mol. The molecule has 0 fully saturated rings. The van der Waals surface area contributed by atoms with Crippen LogP contribution in [0.2, 0.25) is 5.02 Å². The Kier molecular flexibility index (Phi) is 3.59. The van der Waals surface area contributed by atoms with Crippen molar-refractivity contribution in [3.63, 3.8) is 0 Å². The molecule has 0 radical (unpaired) electrons. The minimum absolute atomic E-state index is 0.0561. The predicted octanol–water partition coefficient (Wildman–Crippen LogP) is 3.86. The number of hydrogen-bond donors (Lipinski definition) is 1. The van der Waals surface area contributed by atoms with Gasteiger partial charge in [0.05, 0.1) is 17.2 Å². The van der Waals surface area contributed by atoms with Gasteiger partial charge in [-0.1, -0.05) is 17.7 Å². The fraction of sp³-hybridized carbons (Fsp3) is 0.312. The van der Waals surface area contributed by atoms with Gasteiger partial charge in [0.15, 0.2) is 0 Å². The van der Waals surface area contributed by atoms with Gasteiger partial charge in [0, 0.05) is 23.4 Å². The van der Waals surface area contributed by atoms with Gasteiger partial charge in [0.1, 0.15) is 5.82 Å². The van der Waals surface area contributed by atoms with Crippen LogP contribution in [0.15, 0.2) is 29.2 Å². The number of H-pyrrole nitrogens is 1. The van der Waals surface area contributed by atoms with Crippen LogP contribution in [0.25, 0.3) is 11.1 Å². The van der Waals surface area contributed by atoms with E-state index in [-0.39, 0.29) is 22.8 Å². The lowest BCUT2D eigenvalue weighted by Crippen LogP contribution is -2.20. The van der Waals surface area contributed by atoms with Crippen LogP contribution in [0.4, 0.5) is 4.39 Å². The van der Waals surface area contributed by atoms with Gasteiger partial charge in [-0.2, -0.15) is 0 Å². The summed E-state index contributed by atoms with van der Waals surface area (Å²) >= 11 is 5.93. The lowest BCUT2D eigenvalue weighted by atomic mass is 9.90. The third-order valence-corrected chi connectivity index (χ3v) is 4.08. The van der Waals surface area contributed by atoms with E-state index in [1.807, 2.05) is 13.8 Å². The zero-order valence-corrected chi connectivity index (χ0v) is 12.5. The lowest BCUT2D eigenvalue weighted by Gasteiger charge is -2.26. The molecule has 0 amide bonds. The van der Waals surface area contributed by atoms with Gasteiger partial charge in [-0.25, -0.2) is 4.39 Å². The standard InChI is InChI=1S/C16H15ClFNO2/c1-8-5-10-3-4-13(17)16(18)15(10)11-6-14(20)19-7-12(11)9(2)21-8/h3-4,6-9H,5H2,1-2H3,(H,19,20). The molecule has 2 heterocycles. The summed E-state index contributed by atoms with van der Waals surface area (Å²) in [5.74, 6) is -0.484. The Labute approximate surface area is 126 Å². The highest BCUT2D eigenvalue weighted by Gasteiger charge is 2.25. The monoisotopic (exact) mass is 307 g/mol. The quantitative estimate of drug-likeness (QED) is 0.803. The van der Waals surface area contributed by atoms with Gasteiger partial charge in [-0.3, -0.25) is 4.79 Å². The SMILES string of the molecule is CC1Cc2ccc(Cl)c(F)c2-c2cc(=O)[nH]cc2C(C)O1. The zero-order valence-electron chi connectivity index (χ0n) is 11.7. The number of rotatable bonds is 0. The largest absolute Gasteiger partial charge is 0.370 e. The molecule has 0 spiro atoms. The predicted molar refractivity (Wildman–Crippen MR) is 80.1 cm³/mol. The minimum atomic E-state index is -0.484. The average Bonchev–Trinajstić information content (AvgIpc) is 2.41. The molecule has 0 saturated heterocycles. The maximum absolute atomic E-state index is 14.6. The summed E-state index contributed by atoms with van der Waals surface area (Å²) in [5, 5.41) is 0.0572. The van der Waals surface area contributed by atoms with Gasteiger partial charge in [-0.15, -0.1) is 0 Å². The smallest absolute Gasteiger partial charge is 0.248 e. The normalized spacial score (nSPS) is 21.1. The molecule has 110 valence electrons. The number of ether oxygens (including phenoxy) is 1. The van der Waals surface area contributed by atoms with Crippen molar-refractivity contribution in [2.24, 2.45) is 0 Å². The summed E-state index contributed by atoms with van der Waals surface area (Å²) in [5.41, 5.74) is 2.23. The second-order valence-corrected chi connectivity index (χ2v) is 5.76. The number of benzene rings is 1. The van der Waals surface area contributed by atoms with Crippen LogP contribution in [0.3, 0.4) is 0 Å². The van der Waals surface area contributed by atoms with Gasteiger partial charge in [0.25, 0.3) is 0 Å². The first-order chi connectivity index (χ1) is 9.97. The fourth-order valence-electron chi connectivity index (χ4n) is 2.87. The Balaban J connectivity index is 2.37. The molecule has 1 aliphatic heterocycles. The number of aromatic amines is 1.